The van der Waals surface area contributed by atoms with Crippen LogP contribution in [0.3, 0.4) is 0 Å². The Morgan fingerprint density at radius 1 is 1.29 bits per heavy atom. The summed E-state index contributed by atoms with van der Waals surface area (Å²) in [4.78, 5) is 21.7. The molecule has 2 aliphatic heterocycles. The summed E-state index contributed by atoms with van der Waals surface area (Å²) in [5, 5.41) is 3.13. The van der Waals surface area contributed by atoms with Crippen LogP contribution in [0.15, 0.2) is 12.4 Å². The molecule has 1 N–H and O–H groups in total. The molecule has 0 bridgehead atoms. The summed E-state index contributed by atoms with van der Waals surface area (Å²) in [7, 11) is 2.20. The van der Waals surface area contributed by atoms with E-state index in [9.17, 15) is 4.79 Å². The van der Waals surface area contributed by atoms with Crippen LogP contribution in [0.4, 0.5) is 0 Å². The van der Waals surface area contributed by atoms with Crippen molar-refractivity contribution in [3.63, 3.8) is 0 Å². The third kappa shape index (κ3) is 4.36. The Bertz CT molecular complexity index is 535. The van der Waals surface area contributed by atoms with Gasteiger partial charge in [0.2, 0.25) is 5.91 Å². The van der Waals surface area contributed by atoms with Crippen molar-refractivity contribution >= 4 is 5.91 Å². The molecule has 1 amide bonds. The largest absolute Gasteiger partial charge is 0.354 e. The van der Waals surface area contributed by atoms with Gasteiger partial charge in [0.25, 0.3) is 0 Å². The van der Waals surface area contributed by atoms with Crippen molar-refractivity contribution in [2.75, 3.05) is 39.8 Å². The van der Waals surface area contributed by atoms with Crippen molar-refractivity contribution in [2.45, 2.75) is 45.2 Å². The van der Waals surface area contributed by atoms with Crippen molar-refractivity contribution in [3.8, 4) is 0 Å². The first-order valence-electron chi connectivity index (χ1n) is 9.31. The predicted octanol–water partition coefficient (Wildman–Crippen LogP) is 1.11. The van der Waals surface area contributed by atoms with Crippen LogP contribution in [0.1, 0.15) is 31.5 Å². The molecule has 1 aromatic rings. The highest BCUT2D eigenvalue weighted by Crippen LogP contribution is 2.23. The highest BCUT2D eigenvalue weighted by Gasteiger charge is 2.30. The number of imidazole rings is 1. The van der Waals surface area contributed by atoms with E-state index in [-0.39, 0.29) is 11.8 Å². The fraction of sp³-hybridized carbons (Fsp3) is 0.778. The Balaban J connectivity index is 1.44. The summed E-state index contributed by atoms with van der Waals surface area (Å²) in [6.07, 6.45) is 8.42. The first kappa shape index (κ1) is 17.4. The monoisotopic (exact) mass is 333 g/mol. The number of piperidine rings is 2. The molecule has 1 aromatic heterocycles. The molecule has 0 aromatic carbocycles. The average Bonchev–Trinajstić information content (AvgIpc) is 3.01. The first-order chi connectivity index (χ1) is 11.6. The number of amides is 1. The van der Waals surface area contributed by atoms with Gasteiger partial charge in [0.15, 0.2) is 0 Å². The van der Waals surface area contributed by atoms with Gasteiger partial charge in [0, 0.05) is 38.1 Å². The molecule has 6 heteroatoms. The zero-order chi connectivity index (χ0) is 16.9. The lowest BCUT2D eigenvalue weighted by Crippen LogP contribution is -2.50. The molecule has 0 aliphatic carbocycles. The molecule has 1 unspecified atom stereocenters. The number of rotatable bonds is 5. The van der Waals surface area contributed by atoms with Crippen LogP contribution in [0, 0.1) is 12.8 Å². The normalized spacial score (nSPS) is 24.2. The second kappa shape index (κ2) is 8.12. The number of hydrogen-bond acceptors (Lipinski definition) is 4. The fourth-order valence-electron chi connectivity index (χ4n) is 4.00. The van der Waals surface area contributed by atoms with E-state index < -0.39 is 0 Å². The minimum atomic E-state index is 0.155. The highest BCUT2D eigenvalue weighted by atomic mass is 16.1. The molecule has 6 nitrogen and oxygen atoms in total. The minimum Gasteiger partial charge on any atom is -0.354 e. The Kier molecular flexibility index (Phi) is 5.89. The summed E-state index contributed by atoms with van der Waals surface area (Å²) in [5.74, 6) is 1.38. The molecule has 0 spiro atoms. The Morgan fingerprint density at radius 2 is 2.08 bits per heavy atom. The van der Waals surface area contributed by atoms with Crippen molar-refractivity contribution in [2.24, 2.45) is 5.92 Å². The molecule has 3 heterocycles. The number of nitrogens with one attached hydrogen (secondary N) is 1. The fourth-order valence-corrected chi connectivity index (χ4v) is 4.00. The number of likely N-dealkylation sites (tertiary alicyclic amines) is 2. The van der Waals surface area contributed by atoms with Gasteiger partial charge >= 0.3 is 0 Å². The third-order valence-electron chi connectivity index (χ3n) is 5.60. The van der Waals surface area contributed by atoms with Gasteiger partial charge in [-0.15, -0.1) is 0 Å². The van der Waals surface area contributed by atoms with Gasteiger partial charge in [-0.25, -0.2) is 4.98 Å². The van der Waals surface area contributed by atoms with Crippen molar-refractivity contribution in [1.29, 1.82) is 0 Å². The van der Waals surface area contributed by atoms with Crippen LogP contribution in [0.2, 0.25) is 0 Å². The van der Waals surface area contributed by atoms with E-state index in [0.29, 0.717) is 12.6 Å². The number of hydrogen-bond donors (Lipinski definition) is 1. The van der Waals surface area contributed by atoms with Gasteiger partial charge < -0.3 is 14.8 Å². The molecule has 24 heavy (non-hydrogen) atoms. The number of nitrogens with zero attached hydrogens (tertiary/aromatic N) is 4. The van der Waals surface area contributed by atoms with Crippen LogP contribution in [0.5, 0.6) is 0 Å². The van der Waals surface area contributed by atoms with E-state index in [4.69, 9.17) is 0 Å². The molecule has 2 fully saturated rings. The zero-order valence-corrected chi connectivity index (χ0v) is 15.1. The Morgan fingerprint density at radius 3 is 2.79 bits per heavy atom. The smallest absolute Gasteiger partial charge is 0.224 e. The van der Waals surface area contributed by atoms with Crippen molar-refractivity contribution < 1.29 is 4.79 Å². The van der Waals surface area contributed by atoms with Gasteiger partial charge in [-0.05, 0) is 59.3 Å². The summed E-state index contributed by atoms with van der Waals surface area (Å²) in [6.45, 7) is 7.92. The van der Waals surface area contributed by atoms with E-state index in [2.05, 4.69) is 31.7 Å². The number of carbonyl (C=O) groups is 1. The number of carbonyl (C=O) groups excluding carboxylic acids is 1. The van der Waals surface area contributed by atoms with E-state index >= 15 is 0 Å². The van der Waals surface area contributed by atoms with Crippen LogP contribution in [0.25, 0.3) is 0 Å². The average molecular weight is 333 g/mol. The molecule has 134 valence electrons. The quantitative estimate of drug-likeness (QED) is 0.877. The van der Waals surface area contributed by atoms with Gasteiger partial charge in [0.05, 0.1) is 5.92 Å². The molecular formula is C18H31N5O. The second-order valence-corrected chi connectivity index (χ2v) is 7.33. The lowest BCUT2D eigenvalue weighted by atomic mass is 9.93. The first-order valence-corrected chi connectivity index (χ1v) is 9.31. The van der Waals surface area contributed by atoms with E-state index in [1.165, 1.54) is 25.9 Å². The molecule has 2 aliphatic rings. The van der Waals surface area contributed by atoms with E-state index in [1.54, 1.807) is 6.20 Å². The summed E-state index contributed by atoms with van der Waals surface area (Å²) >= 11 is 0. The maximum Gasteiger partial charge on any atom is 0.224 e. The van der Waals surface area contributed by atoms with Gasteiger partial charge in [-0.2, -0.15) is 0 Å². The lowest BCUT2D eigenvalue weighted by Gasteiger charge is -2.41. The molecule has 0 radical (unpaired) electrons. The molecule has 0 saturated carbocycles. The van der Waals surface area contributed by atoms with Crippen LogP contribution < -0.4 is 5.32 Å². The molecule has 3 rings (SSSR count). The SMILES string of the molecule is Cc1nccn1CCNC(=O)C1CCCN(C2CCN(C)CC2)C1. The highest BCUT2D eigenvalue weighted by molar-refractivity contribution is 5.78. The topological polar surface area (TPSA) is 53.4 Å². The Labute approximate surface area is 145 Å². The summed E-state index contributed by atoms with van der Waals surface area (Å²) < 4.78 is 2.08. The van der Waals surface area contributed by atoms with Gasteiger partial charge in [0.1, 0.15) is 5.82 Å². The van der Waals surface area contributed by atoms with Crippen LogP contribution in [-0.4, -0.2) is 71.1 Å². The summed E-state index contributed by atoms with van der Waals surface area (Å²) in [5.41, 5.74) is 0. The van der Waals surface area contributed by atoms with Crippen molar-refractivity contribution in [1.82, 2.24) is 24.7 Å². The lowest BCUT2D eigenvalue weighted by molar-refractivity contribution is -0.127. The predicted molar refractivity (Wildman–Crippen MR) is 94.8 cm³/mol. The summed E-state index contributed by atoms with van der Waals surface area (Å²) in [6, 6.07) is 0.672. The van der Waals surface area contributed by atoms with Crippen molar-refractivity contribution in [3.05, 3.63) is 18.2 Å². The maximum absolute atomic E-state index is 12.5. The maximum atomic E-state index is 12.5. The number of aromatic nitrogens is 2. The third-order valence-corrected chi connectivity index (χ3v) is 5.60. The van der Waals surface area contributed by atoms with Gasteiger partial charge in [-0.3, -0.25) is 9.69 Å². The van der Waals surface area contributed by atoms with E-state index in [1.807, 2.05) is 13.1 Å². The molecular weight excluding hydrogens is 302 g/mol. The molecule has 1 atom stereocenters. The Hall–Kier alpha value is -1.40. The van der Waals surface area contributed by atoms with Crippen LogP contribution in [-0.2, 0) is 11.3 Å². The van der Waals surface area contributed by atoms with Crippen LogP contribution >= 0.6 is 0 Å². The standard InChI is InChI=1S/C18H31N5O/c1-15-19-7-12-22(15)13-8-20-18(24)16-4-3-9-23(14-16)17-5-10-21(2)11-6-17/h7,12,16-17H,3-6,8-11,13-14H2,1-2H3,(H,20,24). The molecule has 2 saturated heterocycles. The number of aryl methyl sites for hydroxylation is 1. The van der Waals surface area contributed by atoms with E-state index in [0.717, 1.165) is 38.3 Å². The minimum absolute atomic E-state index is 0.155. The van der Waals surface area contributed by atoms with Gasteiger partial charge in [-0.1, -0.05) is 0 Å². The zero-order valence-electron chi connectivity index (χ0n) is 15.1. The second-order valence-electron chi connectivity index (χ2n) is 7.33.